The second kappa shape index (κ2) is 12.6. The van der Waals surface area contributed by atoms with Gasteiger partial charge in [-0.25, -0.2) is 0 Å². The Hall–Kier alpha value is 3.03. The fourth-order valence-corrected chi connectivity index (χ4v) is 31.1. The minimum Gasteiger partial charge on any atom is -0.386 e. The van der Waals surface area contributed by atoms with Crippen LogP contribution in [0.4, 0.5) is 0 Å². The molecule has 0 aromatic rings. The Labute approximate surface area is 250 Å². The van der Waals surface area contributed by atoms with E-state index in [1.807, 2.05) is 0 Å². The van der Waals surface area contributed by atoms with Crippen molar-refractivity contribution in [1.29, 1.82) is 0 Å². The van der Waals surface area contributed by atoms with E-state index in [-0.39, 0.29) is 37.0 Å². The van der Waals surface area contributed by atoms with Gasteiger partial charge in [0.1, 0.15) is 0 Å². The van der Waals surface area contributed by atoms with E-state index in [9.17, 15) is 27.4 Å². The van der Waals surface area contributed by atoms with E-state index in [0.29, 0.717) is 38.5 Å². The summed E-state index contributed by atoms with van der Waals surface area (Å²) in [6.07, 6.45) is 2.97. The Morgan fingerprint density at radius 3 is 1.20 bits per heavy atom. The molecule has 8 fully saturated rings. The van der Waals surface area contributed by atoms with Gasteiger partial charge in [-0.05, 0) is 38.5 Å². The van der Waals surface area contributed by atoms with Crippen molar-refractivity contribution >= 4 is 106 Å². The van der Waals surface area contributed by atoms with Gasteiger partial charge in [0.05, 0.1) is 0 Å². The van der Waals surface area contributed by atoms with Gasteiger partial charge in [-0.3, -0.25) is 27.4 Å². The largest absolute Gasteiger partial charge is 0.926 e. The third kappa shape index (κ3) is 8.11. The predicted octanol–water partition coefficient (Wildman–Crippen LogP) is 4.71. The third-order valence-corrected chi connectivity index (χ3v) is 35.2. The maximum Gasteiger partial charge on any atom is 0.926 e. The SMILES string of the molecule is O=P1(CCCCP2(=O)[O][Al]([O]P3(=O)CCCCP4(=O)[O][Al]([O]4)[O]3)[O]2)[O][Al]([O]P2(=O)CCCCP3(=O)[O][Al]([O]3)[O]2)[O]1. The van der Waals surface area contributed by atoms with Crippen LogP contribution in [0.5, 0.6) is 0 Å². The van der Waals surface area contributed by atoms with Gasteiger partial charge in [-0.2, -0.15) is 0 Å². The lowest BCUT2D eigenvalue weighted by Crippen LogP contribution is -2.38. The molecule has 0 aliphatic carbocycles. The maximum atomic E-state index is 13.0. The molecule has 18 nitrogen and oxygen atoms in total. The summed E-state index contributed by atoms with van der Waals surface area (Å²) in [5.74, 6) is 0. The number of hydrogen-bond acceptors (Lipinski definition) is 18. The van der Waals surface area contributed by atoms with Gasteiger partial charge in [-0.15, -0.1) is 0 Å². The smallest absolute Gasteiger partial charge is 0.386 e. The molecular weight excluding hydrogens is 726 g/mol. The zero-order valence-corrected chi connectivity index (χ0v) is 30.8. The molecule has 28 heteroatoms. The summed E-state index contributed by atoms with van der Waals surface area (Å²) in [5, 5.41) is 0. The molecule has 8 aliphatic heterocycles. The molecule has 0 N–H and O–H groups in total. The van der Waals surface area contributed by atoms with E-state index in [1.165, 1.54) is 0 Å². The molecule has 222 valence electrons. The fraction of sp³-hybridized carbons (Fsp3) is 1.00. The zero-order chi connectivity index (χ0) is 28.3. The van der Waals surface area contributed by atoms with Gasteiger partial charge in [0.15, 0.2) is 0 Å². The van der Waals surface area contributed by atoms with Crippen LogP contribution >= 0.6 is 45.6 Å². The van der Waals surface area contributed by atoms with Crippen LogP contribution in [-0.4, -0.2) is 97.6 Å². The van der Waals surface area contributed by atoms with Gasteiger partial charge in [-0.1, -0.05) is 0 Å². The summed E-state index contributed by atoms with van der Waals surface area (Å²) in [6, 6.07) is 0. The molecule has 8 aliphatic rings. The lowest BCUT2D eigenvalue weighted by Gasteiger charge is -2.36. The molecule has 8 rings (SSSR count). The first-order chi connectivity index (χ1) is 18.8. The van der Waals surface area contributed by atoms with Gasteiger partial charge < -0.3 is 42.9 Å². The van der Waals surface area contributed by atoms with Crippen molar-refractivity contribution in [2.24, 2.45) is 0 Å². The minimum absolute atomic E-state index is 0.00801. The highest BCUT2D eigenvalue weighted by Gasteiger charge is 2.64. The van der Waals surface area contributed by atoms with Crippen molar-refractivity contribution in [3.63, 3.8) is 0 Å². The lowest BCUT2D eigenvalue weighted by atomic mass is 10.4. The van der Waals surface area contributed by atoms with E-state index in [2.05, 4.69) is 0 Å². The molecule has 0 atom stereocenters. The normalized spacial score (nSPS) is 40.5. The molecule has 0 spiro atoms. The second-order valence-corrected chi connectivity index (χ2v) is 32.0. The lowest BCUT2D eigenvalue weighted by molar-refractivity contribution is 0.171. The van der Waals surface area contributed by atoms with Crippen molar-refractivity contribution in [3.8, 4) is 0 Å². The molecule has 8 saturated heterocycles. The Balaban J connectivity index is 0.881. The summed E-state index contributed by atoms with van der Waals surface area (Å²) in [5.41, 5.74) is 0. The molecule has 4 bridgehead atoms. The summed E-state index contributed by atoms with van der Waals surface area (Å²) in [7, 11) is -20.4. The standard InChI is InChI=1S/3C4H12O6P2.4Al/c3*5-11(6,7)3-1-2-4-12(8,9)10;;;;/h3*1-4H2,(H2,5,6,7)(H2,8,9,10);;;;/q;;;4*+3/p-12. The van der Waals surface area contributed by atoms with E-state index in [1.54, 1.807) is 0 Å². The Morgan fingerprint density at radius 2 is 0.825 bits per heavy atom. The van der Waals surface area contributed by atoms with E-state index in [4.69, 9.17) is 42.9 Å². The highest BCUT2D eigenvalue weighted by molar-refractivity contribution is 7.63. The van der Waals surface area contributed by atoms with Crippen LogP contribution < -0.4 is 0 Å². The van der Waals surface area contributed by atoms with E-state index in [0.717, 1.165) is 0 Å². The molecular formula is C12H24Al4O18P6. The first kappa shape index (κ1) is 33.0. The quantitative estimate of drug-likeness (QED) is 0.177. The van der Waals surface area contributed by atoms with Crippen LogP contribution in [0.1, 0.15) is 38.5 Å². The van der Waals surface area contributed by atoms with Crippen LogP contribution in [0.3, 0.4) is 0 Å². The molecule has 0 aromatic heterocycles. The molecule has 40 heavy (non-hydrogen) atoms. The second-order valence-electron chi connectivity index (χ2n) is 9.55. The number of hydrogen-bond donors (Lipinski definition) is 0. The van der Waals surface area contributed by atoms with Gasteiger partial charge in [0.2, 0.25) is 0 Å². The Bertz CT molecular complexity index is 1160. The van der Waals surface area contributed by atoms with Crippen molar-refractivity contribution in [2.45, 2.75) is 38.5 Å². The third-order valence-electron chi connectivity index (χ3n) is 6.30. The predicted molar refractivity (Wildman–Crippen MR) is 139 cm³/mol. The topological polar surface area (TPSA) is 213 Å². The first-order valence-corrected chi connectivity index (χ1v) is 28.5. The average molecular weight is 750 g/mol. The van der Waals surface area contributed by atoms with Gasteiger partial charge >= 0.3 is 60.6 Å². The first-order valence-electron chi connectivity index (χ1n) is 12.5. The van der Waals surface area contributed by atoms with Crippen LogP contribution in [0.15, 0.2) is 0 Å². The van der Waals surface area contributed by atoms with Gasteiger partial charge in [0, 0.05) is 37.0 Å². The average Bonchev–Trinajstić information content (AvgIpc) is 2.95. The fourth-order valence-electron chi connectivity index (χ4n) is 4.27. The summed E-state index contributed by atoms with van der Waals surface area (Å²) in [4.78, 5) is 0. The van der Waals surface area contributed by atoms with Crippen molar-refractivity contribution in [3.05, 3.63) is 0 Å². The maximum absolute atomic E-state index is 13.0. The van der Waals surface area contributed by atoms with Crippen molar-refractivity contribution in [1.82, 2.24) is 0 Å². The zero-order valence-electron chi connectivity index (χ0n) is 20.8. The Morgan fingerprint density at radius 1 is 0.475 bits per heavy atom. The number of rotatable bonds is 9. The summed E-state index contributed by atoms with van der Waals surface area (Å²) >= 11 is -11.5. The molecule has 8 heterocycles. The molecule has 0 radical (unpaired) electrons. The van der Waals surface area contributed by atoms with Crippen LogP contribution in [0, 0.1) is 0 Å². The van der Waals surface area contributed by atoms with E-state index >= 15 is 0 Å². The molecule has 0 saturated carbocycles. The molecule has 0 unspecified atom stereocenters. The monoisotopic (exact) mass is 750 g/mol. The molecule has 0 aromatic carbocycles. The van der Waals surface area contributed by atoms with Gasteiger partial charge in [0.25, 0.3) is 45.6 Å². The molecule has 0 amide bonds. The van der Waals surface area contributed by atoms with E-state index < -0.39 is 106 Å². The minimum atomic E-state index is -3.67. The van der Waals surface area contributed by atoms with Crippen LogP contribution in [0.25, 0.3) is 0 Å². The summed E-state index contributed by atoms with van der Waals surface area (Å²) < 4.78 is 139. The van der Waals surface area contributed by atoms with Crippen LogP contribution in [0.2, 0.25) is 0 Å². The Kier molecular flexibility index (Phi) is 10.4. The summed E-state index contributed by atoms with van der Waals surface area (Å²) in [6.45, 7) is 0. The number of fused-ring (bicyclic) bond motifs is 10. The number of unbranched alkanes of at least 4 members (excludes halogenated alkanes) is 1. The van der Waals surface area contributed by atoms with Crippen LogP contribution in [-0.2, 0) is 70.3 Å². The van der Waals surface area contributed by atoms with Crippen molar-refractivity contribution in [2.75, 3.05) is 37.0 Å². The highest BCUT2D eigenvalue weighted by Crippen LogP contribution is 2.68. The van der Waals surface area contributed by atoms with Crippen molar-refractivity contribution < 1.29 is 70.3 Å². The highest BCUT2D eigenvalue weighted by atomic mass is 31.2.